The molecule has 0 saturated heterocycles. The molecule has 0 unspecified atom stereocenters. The molecule has 0 spiro atoms. The predicted octanol–water partition coefficient (Wildman–Crippen LogP) is 3.62. The van der Waals surface area contributed by atoms with Gasteiger partial charge in [0.1, 0.15) is 17.2 Å². The van der Waals surface area contributed by atoms with E-state index in [1.54, 1.807) is 24.3 Å². The fourth-order valence-electron chi connectivity index (χ4n) is 2.49. The van der Waals surface area contributed by atoms with Crippen LogP contribution in [0, 0.1) is 0 Å². The third-order valence-electron chi connectivity index (χ3n) is 3.99. The lowest BCUT2D eigenvalue weighted by Crippen LogP contribution is -2.41. The van der Waals surface area contributed by atoms with Gasteiger partial charge in [0.05, 0.1) is 10.6 Å². The number of halogens is 2. The van der Waals surface area contributed by atoms with Crippen molar-refractivity contribution in [2.45, 2.75) is 0 Å². The Balaban J connectivity index is 1.66. The molecular formula is C21H16Cl2N4O4. The van der Waals surface area contributed by atoms with Crippen molar-refractivity contribution in [2.24, 2.45) is 0 Å². The van der Waals surface area contributed by atoms with Gasteiger partial charge in [-0.2, -0.15) is 0 Å². The topological polar surface area (TPSA) is 109 Å². The number of rotatable bonds is 5. The first kappa shape index (κ1) is 22.1. The van der Waals surface area contributed by atoms with Crippen LogP contribution in [-0.2, 0) is 0 Å². The van der Waals surface area contributed by atoms with E-state index in [4.69, 9.17) is 27.9 Å². The number of ether oxygens (including phenoxy) is 1. The molecule has 10 heteroatoms. The Kier molecular flexibility index (Phi) is 7.07. The first-order chi connectivity index (χ1) is 14.9. The second-order valence-electron chi connectivity index (χ2n) is 6.12. The molecule has 31 heavy (non-hydrogen) atoms. The SMILES string of the molecule is CNC(=O)c1cc(Oc2cccc(C(=O)NNC(=O)c3ccc(Cl)cc3Cl)c2)ccn1. The number of hydrogen-bond acceptors (Lipinski definition) is 5. The lowest BCUT2D eigenvalue weighted by atomic mass is 10.2. The summed E-state index contributed by atoms with van der Waals surface area (Å²) in [5.41, 5.74) is 5.20. The molecule has 1 heterocycles. The normalized spacial score (nSPS) is 10.2. The van der Waals surface area contributed by atoms with Crippen LogP contribution >= 0.6 is 23.2 Å². The van der Waals surface area contributed by atoms with Crippen LogP contribution in [0.3, 0.4) is 0 Å². The molecule has 3 amide bonds. The van der Waals surface area contributed by atoms with E-state index in [-0.39, 0.29) is 27.8 Å². The van der Waals surface area contributed by atoms with Crippen molar-refractivity contribution >= 4 is 40.9 Å². The molecule has 8 nitrogen and oxygen atoms in total. The van der Waals surface area contributed by atoms with Crippen molar-refractivity contribution in [1.29, 1.82) is 0 Å². The second kappa shape index (κ2) is 9.92. The Labute approximate surface area is 187 Å². The third-order valence-corrected chi connectivity index (χ3v) is 4.54. The molecule has 2 aromatic carbocycles. The highest BCUT2D eigenvalue weighted by atomic mass is 35.5. The Morgan fingerprint density at radius 2 is 1.61 bits per heavy atom. The minimum Gasteiger partial charge on any atom is -0.457 e. The molecule has 3 N–H and O–H groups in total. The molecule has 1 aromatic heterocycles. The van der Waals surface area contributed by atoms with E-state index >= 15 is 0 Å². The van der Waals surface area contributed by atoms with Gasteiger partial charge in [0, 0.05) is 29.9 Å². The summed E-state index contributed by atoms with van der Waals surface area (Å²) >= 11 is 11.8. The maximum Gasteiger partial charge on any atom is 0.271 e. The van der Waals surface area contributed by atoms with Crippen LogP contribution in [0.5, 0.6) is 11.5 Å². The maximum atomic E-state index is 12.4. The zero-order valence-corrected chi connectivity index (χ0v) is 17.6. The fourth-order valence-corrected chi connectivity index (χ4v) is 2.98. The highest BCUT2D eigenvalue weighted by molar-refractivity contribution is 6.36. The van der Waals surface area contributed by atoms with Gasteiger partial charge >= 0.3 is 0 Å². The summed E-state index contributed by atoms with van der Waals surface area (Å²) in [4.78, 5) is 40.3. The molecule has 0 aliphatic carbocycles. The van der Waals surface area contributed by atoms with Crippen molar-refractivity contribution in [3.05, 3.63) is 87.7 Å². The monoisotopic (exact) mass is 458 g/mol. The van der Waals surface area contributed by atoms with Gasteiger partial charge in [-0.05, 0) is 42.5 Å². The first-order valence-corrected chi connectivity index (χ1v) is 9.65. The number of benzene rings is 2. The molecule has 0 atom stereocenters. The molecule has 3 aromatic rings. The van der Waals surface area contributed by atoms with Gasteiger partial charge in [-0.15, -0.1) is 0 Å². The van der Waals surface area contributed by atoms with Crippen molar-refractivity contribution in [3.63, 3.8) is 0 Å². The van der Waals surface area contributed by atoms with E-state index in [0.717, 1.165) is 0 Å². The lowest BCUT2D eigenvalue weighted by Gasteiger charge is -2.10. The first-order valence-electron chi connectivity index (χ1n) is 8.89. The predicted molar refractivity (Wildman–Crippen MR) is 116 cm³/mol. The second-order valence-corrected chi connectivity index (χ2v) is 6.96. The number of carbonyl (C=O) groups is 3. The molecule has 0 aliphatic heterocycles. The minimum absolute atomic E-state index is 0.156. The number of carbonyl (C=O) groups excluding carboxylic acids is 3. The van der Waals surface area contributed by atoms with Gasteiger partial charge in [-0.25, -0.2) is 0 Å². The zero-order chi connectivity index (χ0) is 22.4. The van der Waals surface area contributed by atoms with Gasteiger partial charge in [-0.1, -0.05) is 29.3 Å². The number of nitrogens with zero attached hydrogens (tertiary/aromatic N) is 1. The quantitative estimate of drug-likeness (QED) is 0.505. The number of hydrazine groups is 1. The number of nitrogens with one attached hydrogen (secondary N) is 3. The summed E-state index contributed by atoms with van der Waals surface area (Å²) in [5, 5.41) is 3.02. The highest BCUT2D eigenvalue weighted by Crippen LogP contribution is 2.23. The summed E-state index contributed by atoms with van der Waals surface area (Å²) < 4.78 is 5.71. The van der Waals surface area contributed by atoms with Crippen LogP contribution < -0.4 is 20.9 Å². The van der Waals surface area contributed by atoms with E-state index in [0.29, 0.717) is 16.5 Å². The van der Waals surface area contributed by atoms with Crippen molar-refractivity contribution in [3.8, 4) is 11.5 Å². The van der Waals surface area contributed by atoms with Crippen LogP contribution in [0.2, 0.25) is 10.0 Å². The molecule has 3 rings (SSSR count). The highest BCUT2D eigenvalue weighted by Gasteiger charge is 2.13. The minimum atomic E-state index is -0.596. The van der Waals surface area contributed by atoms with Crippen LogP contribution in [-0.4, -0.2) is 29.8 Å². The number of amides is 3. The number of pyridine rings is 1. The molecule has 0 fully saturated rings. The average molecular weight is 459 g/mol. The molecular weight excluding hydrogens is 443 g/mol. The number of hydrogen-bond donors (Lipinski definition) is 3. The maximum absolute atomic E-state index is 12.4. The van der Waals surface area contributed by atoms with Crippen molar-refractivity contribution < 1.29 is 19.1 Å². The molecule has 0 saturated carbocycles. The smallest absolute Gasteiger partial charge is 0.271 e. The summed E-state index contributed by atoms with van der Waals surface area (Å²) in [5.74, 6) is -0.786. The molecule has 158 valence electrons. The Hall–Kier alpha value is -3.62. The lowest BCUT2D eigenvalue weighted by molar-refractivity contribution is 0.0846. The van der Waals surface area contributed by atoms with E-state index in [1.165, 1.54) is 43.6 Å². The average Bonchev–Trinajstić information content (AvgIpc) is 2.77. The zero-order valence-electron chi connectivity index (χ0n) is 16.1. The molecule has 0 aliphatic rings. The molecule has 0 radical (unpaired) electrons. The summed E-state index contributed by atoms with van der Waals surface area (Å²) in [6.07, 6.45) is 1.44. The van der Waals surface area contributed by atoms with Crippen LogP contribution in [0.15, 0.2) is 60.8 Å². The van der Waals surface area contributed by atoms with Gasteiger partial charge in [-0.3, -0.25) is 30.2 Å². The molecule has 0 bridgehead atoms. The summed E-state index contributed by atoms with van der Waals surface area (Å²) in [6.45, 7) is 0. The summed E-state index contributed by atoms with van der Waals surface area (Å²) in [7, 11) is 1.50. The largest absolute Gasteiger partial charge is 0.457 e. The Morgan fingerprint density at radius 3 is 2.35 bits per heavy atom. The van der Waals surface area contributed by atoms with Gasteiger partial charge < -0.3 is 10.1 Å². The van der Waals surface area contributed by atoms with E-state index < -0.39 is 11.8 Å². The van der Waals surface area contributed by atoms with E-state index in [9.17, 15) is 14.4 Å². The summed E-state index contributed by atoms with van der Waals surface area (Å²) in [6, 6.07) is 13.7. The number of aromatic nitrogens is 1. The van der Waals surface area contributed by atoms with Gasteiger partial charge in [0.15, 0.2) is 0 Å². The third kappa shape index (κ3) is 5.71. The van der Waals surface area contributed by atoms with Crippen LogP contribution in [0.1, 0.15) is 31.2 Å². The van der Waals surface area contributed by atoms with E-state index in [1.807, 2.05) is 0 Å². The Bertz CT molecular complexity index is 1150. The van der Waals surface area contributed by atoms with Gasteiger partial charge in [0.2, 0.25) is 0 Å². The Morgan fingerprint density at radius 1 is 0.871 bits per heavy atom. The van der Waals surface area contributed by atoms with Crippen LogP contribution in [0.4, 0.5) is 0 Å². The van der Waals surface area contributed by atoms with Crippen molar-refractivity contribution in [2.75, 3.05) is 7.05 Å². The fraction of sp³-hybridized carbons (Fsp3) is 0.0476. The van der Waals surface area contributed by atoms with Crippen LogP contribution in [0.25, 0.3) is 0 Å². The van der Waals surface area contributed by atoms with Crippen molar-refractivity contribution in [1.82, 2.24) is 21.2 Å². The van der Waals surface area contributed by atoms with Gasteiger partial charge in [0.25, 0.3) is 17.7 Å². The standard InChI is InChI=1S/C21H16Cl2N4O4/c1-24-21(30)18-11-15(7-8-25-18)31-14-4-2-3-12(9-14)19(28)26-27-20(29)16-6-5-13(22)10-17(16)23/h2-11H,1H3,(H,24,30)(H,26,28)(H,27,29). The van der Waals surface area contributed by atoms with E-state index in [2.05, 4.69) is 21.2 Å².